The summed E-state index contributed by atoms with van der Waals surface area (Å²) in [6.45, 7) is 2.44. The topological polar surface area (TPSA) is 61.8 Å². The van der Waals surface area contributed by atoms with Crippen molar-refractivity contribution in [2.45, 2.75) is 6.04 Å². The molecule has 0 saturated carbocycles. The van der Waals surface area contributed by atoms with E-state index >= 15 is 0 Å². The summed E-state index contributed by atoms with van der Waals surface area (Å²) in [5.41, 5.74) is 0. The molecule has 5 nitrogen and oxygen atoms in total. The van der Waals surface area contributed by atoms with Crippen LogP contribution in [0.5, 0.6) is 0 Å². The summed E-state index contributed by atoms with van der Waals surface area (Å²) in [4.78, 5) is 13.1. The lowest BCUT2D eigenvalue weighted by Crippen LogP contribution is -2.62. The number of fused-ring (bicyclic) bond motifs is 1. The molecular formula is C8H14N2O3. The van der Waals surface area contributed by atoms with Gasteiger partial charge in [0, 0.05) is 25.6 Å². The van der Waals surface area contributed by atoms with E-state index in [2.05, 4.69) is 5.32 Å². The van der Waals surface area contributed by atoms with E-state index in [1.807, 2.05) is 0 Å². The van der Waals surface area contributed by atoms with Gasteiger partial charge in [-0.3, -0.25) is 0 Å². The Balaban J connectivity index is 2.09. The van der Waals surface area contributed by atoms with E-state index in [1.165, 1.54) is 0 Å². The van der Waals surface area contributed by atoms with E-state index in [9.17, 15) is 4.79 Å². The first-order valence-corrected chi connectivity index (χ1v) is 4.56. The Bertz CT molecular complexity index is 210. The molecule has 2 aliphatic heterocycles. The van der Waals surface area contributed by atoms with Crippen LogP contribution in [0.1, 0.15) is 0 Å². The summed E-state index contributed by atoms with van der Waals surface area (Å²) in [6, 6.07) is 0.0329. The number of urea groups is 1. The lowest BCUT2D eigenvalue weighted by Gasteiger charge is -2.43. The number of carbonyl (C=O) groups excluding carboxylic acids is 1. The van der Waals surface area contributed by atoms with Gasteiger partial charge in [0.1, 0.15) is 0 Å². The van der Waals surface area contributed by atoms with Crippen LogP contribution < -0.4 is 5.32 Å². The van der Waals surface area contributed by atoms with E-state index < -0.39 is 0 Å². The number of ether oxygens (including phenoxy) is 1. The Morgan fingerprint density at radius 2 is 2.54 bits per heavy atom. The minimum absolute atomic E-state index is 0.0296. The number of hydrogen-bond acceptors (Lipinski definition) is 3. The van der Waals surface area contributed by atoms with Gasteiger partial charge in [-0.05, 0) is 0 Å². The third-order valence-corrected chi connectivity index (χ3v) is 2.72. The molecule has 0 aromatic carbocycles. The molecule has 0 aromatic rings. The second kappa shape index (κ2) is 3.51. The number of rotatable bonds is 1. The Labute approximate surface area is 76.7 Å². The third-order valence-electron chi connectivity index (χ3n) is 2.72. The van der Waals surface area contributed by atoms with Crippen LogP contribution in [-0.4, -0.2) is 55.0 Å². The first-order valence-electron chi connectivity index (χ1n) is 4.56. The van der Waals surface area contributed by atoms with Crippen LogP contribution >= 0.6 is 0 Å². The number of carbonyl (C=O) groups is 1. The Hall–Kier alpha value is -0.810. The number of aliphatic hydroxyl groups is 1. The number of nitrogens with zero attached hydrogens (tertiary/aromatic N) is 1. The molecule has 0 radical (unpaired) electrons. The van der Waals surface area contributed by atoms with E-state index in [-0.39, 0.29) is 24.6 Å². The average Bonchev–Trinajstić information content (AvgIpc) is 2.19. The smallest absolute Gasteiger partial charge is 0.317 e. The molecule has 2 unspecified atom stereocenters. The van der Waals surface area contributed by atoms with Crippen LogP contribution in [0.25, 0.3) is 0 Å². The van der Waals surface area contributed by atoms with Gasteiger partial charge in [-0.2, -0.15) is 0 Å². The lowest BCUT2D eigenvalue weighted by atomic mass is 9.97. The molecule has 2 N–H and O–H groups in total. The highest BCUT2D eigenvalue weighted by atomic mass is 16.5. The van der Waals surface area contributed by atoms with Gasteiger partial charge in [0.2, 0.25) is 0 Å². The Morgan fingerprint density at radius 1 is 1.69 bits per heavy atom. The van der Waals surface area contributed by atoms with Gasteiger partial charge in [-0.1, -0.05) is 0 Å². The van der Waals surface area contributed by atoms with Crippen molar-refractivity contribution in [3.8, 4) is 0 Å². The molecule has 2 heterocycles. The van der Waals surface area contributed by atoms with E-state index in [0.29, 0.717) is 26.3 Å². The molecule has 0 aromatic heterocycles. The first-order chi connectivity index (χ1) is 6.33. The van der Waals surface area contributed by atoms with Crippen molar-refractivity contribution < 1.29 is 14.6 Å². The van der Waals surface area contributed by atoms with E-state index in [1.54, 1.807) is 4.90 Å². The van der Waals surface area contributed by atoms with Crippen LogP contribution in [0.4, 0.5) is 4.79 Å². The van der Waals surface area contributed by atoms with Crippen LogP contribution in [0.3, 0.4) is 0 Å². The number of hydrogen-bond donors (Lipinski definition) is 2. The van der Waals surface area contributed by atoms with Crippen LogP contribution in [0, 0.1) is 5.92 Å². The molecule has 2 fully saturated rings. The van der Waals surface area contributed by atoms with Gasteiger partial charge < -0.3 is 20.1 Å². The molecule has 13 heavy (non-hydrogen) atoms. The quantitative estimate of drug-likeness (QED) is 0.553. The zero-order valence-electron chi connectivity index (χ0n) is 7.40. The molecule has 2 aliphatic rings. The van der Waals surface area contributed by atoms with Crippen LogP contribution in [-0.2, 0) is 4.74 Å². The number of nitrogens with one attached hydrogen (secondary N) is 1. The number of aliphatic hydroxyl groups excluding tert-OH is 1. The molecule has 74 valence electrons. The van der Waals surface area contributed by atoms with Gasteiger partial charge in [0.05, 0.1) is 19.3 Å². The Morgan fingerprint density at radius 3 is 3.31 bits per heavy atom. The molecule has 0 aliphatic carbocycles. The molecule has 2 amide bonds. The van der Waals surface area contributed by atoms with Gasteiger partial charge >= 0.3 is 6.03 Å². The van der Waals surface area contributed by atoms with Gasteiger partial charge in [-0.15, -0.1) is 0 Å². The molecular weight excluding hydrogens is 172 g/mol. The summed E-state index contributed by atoms with van der Waals surface area (Å²) >= 11 is 0. The molecule has 0 bridgehead atoms. The zero-order valence-corrected chi connectivity index (χ0v) is 7.40. The fourth-order valence-electron chi connectivity index (χ4n) is 1.91. The van der Waals surface area contributed by atoms with Crippen molar-refractivity contribution >= 4 is 6.03 Å². The SMILES string of the molecule is O=C1NCC(CO)C2COCCN12. The van der Waals surface area contributed by atoms with Crippen molar-refractivity contribution in [1.29, 1.82) is 0 Å². The largest absolute Gasteiger partial charge is 0.396 e. The van der Waals surface area contributed by atoms with Crippen molar-refractivity contribution in [3.05, 3.63) is 0 Å². The number of morpholine rings is 1. The molecule has 0 spiro atoms. The number of amides is 2. The van der Waals surface area contributed by atoms with Gasteiger partial charge in [0.15, 0.2) is 0 Å². The van der Waals surface area contributed by atoms with Crippen LogP contribution in [0.2, 0.25) is 0 Å². The summed E-state index contributed by atoms with van der Waals surface area (Å²) < 4.78 is 5.29. The van der Waals surface area contributed by atoms with E-state index in [0.717, 1.165) is 0 Å². The fraction of sp³-hybridized carbons (Fsp3) is 0.875. The minimum atomic E-state index is -0.0296. The second-order valence-corrected chi connectivity index (χ2v) is 3.46. The lowest BCUT2D eigenvalue weighted by molar-refractivity contribution is -0.0298. The summed E-state index contributed by atoms with van der Waals surface area (Å²) in [5.74, 6) is 0.109. The maximum absolute atomic E-state index is 11.4. The highest BCUT2D eigenvalue weighted by molar-refractivity contribution is 5.75. The van der Waals surface area contributed by atoms with Crippen molar-refractivity contribution in [1.82, 2.24) is 10.2 Å². The standard InChI is InChI=1S/C8H14N2O3/c11-4-6-3-9-8(12)10-1-2-13-5-7(6)10/h6-7,11H,1-5H2,(H,9,12). The monoisotopic (exact) mass is 186 g/mol. The van der Waals surface area contributed by atoms with Gasteiger partial charge in [0.25, 0.3) is 0 Å². The van der Waals surface area contributed by atoms with Crippen LogP contribution in [0.15, 0.2) is 0 Å². The normalized spacial score (nSPS) is 33.9. The van der Waals surface area contributed by atoms with E-state index in [4.69, 9.17) is 9.84 Å². The maximum atomic E-state index is 11.4. The summed E-state index contributed by atoms with van der Waals surface area (Å²) in [7, 11) is 0. The second-order valence-electron chi connectivity index (χ2n) is 3.46. The molecule has 2 atom stereocenters. The summed E-state index contributed by atoms with van der Waals surface area (Å²) in [6.07, 6.45) is 0. The van der Waals surface area contributed by atoms with Crippen molar-refractivity contribution in [3.63, 3.8) is 0 Å². The Kier molecular flexibility index (Phi) is 2.37. The minimum Gasteiger partial charge on any atom is -0.396 e. The van der Waals surface area contributed by atoms with Crippen molar-refractivity contribution in [2.24, 2.45) is 5.92 Å². The van der Waals surface area contributed by atoms with Crippen molar-refractivity contribution in [2.75, 3.05) is 32.9 Å². The predicted octanol–water partition coefficient (Wildman–Crippen LogP) is -0.981. The predicted molar refractivity (Wildman–Crippen MR) is 45.3 cm³/mol. The summed E-state index contributed by atoms with van der Waals surface area (Å²) in [5, 5.41) is 11.8. The third kappa shape index (κ3) is 1.49. The molecule has 2 rings (SSSR count). The fourth-order valence-corrected chi connectivity index (χ4v) is 1.91. The van der Waals surface area contributed by atoms with Gasteiger partial charge in [-0.25, -0.2) is 4.79 Å². The maximum Gasteiger partial charge on any atom is 0.317 e. The highest BCUT2D eigenvalue weighted by Gasteiger charge is 2.37. The zero-order chi connectivity index (χ0) is 9.26. The first kappa shape index (κ1) is 8.77. The molecule has 5 heteroatoms. The highest BCUT2D eigenvalue weighted by Crippen LogP contribution is 2.18. The molecule has 2 saturated heterocycles. The average molecular weight is 186 g/mol.